The summed E-state index contributed by atoms with van der Waals surface area (Å²) >= 11 is 5.74. The van der Waals surface area contributed by atoms with Gasteiger partial charge in [-0.05, 0) is 31.2 Å². The summed E-state index contributed by atoms with van der Waals surface area (Å²) < 4.78 is 4.86. The van der Waals surface area contributed by atoms with Crippen molar-refractivity contribution < 1.29 is 9.53 Å². The molecule has 1 heterocycles. The number of carbonyl (C=O) groups is 1. The van der Waals surface area contributed by atoms with Crippen LogP contribution >= 0.6 is 11.6 Å². The van der Waals surface area contributed by atoms with Gasteiger partial charge in [0.15, 0.2) is 6.10 Å². The number of esters is 1. The third kappa shape index (κ3) is 2.14. The minimum absolute atomic E-state index is 0.107. The van der Waals surface area contributed by atoms with Crippen LogP contribution in [-0.2, 0) is 9.53 Å². The van der Waals surface area contributed by atoms with Crippen LogP contribution in [0.3, 0.4) is 0 Å². The van der Waals surface area contributed by atoms with Crippen LogP contribution < -0.4 is 0 Å². The van der Waals surface area contributed by atoms with Gasteiger partial charge in [-0.15, -0.1) is 0 Å². The average molecular weight is 221 g/mol. The molecule has 1 saturated heterocycles. The van der Waals surface area contributed by atoms with Crippen molar-refractivity contribution in [2.45, 2.75) is 13.0 Å². The van der Waals surface area contributed by atoms with E-state index in [4.69, 9.17) is 16.3 Å². The Balaban J connectivity index is 2.06. The van der Waals surface area contributed by atoms with E-state index in [2.05, 4.69) is 11.8 Å². The van der Waals surface area contributed by atoms with Crippen molar-refractivity contribution in [2.24, 2.45) is 5.92 Å². The Morgan fingerprint density at radius 3 is 2.53 bits per heavy atom. The maximum atomic E-state index is 10.8. The van der Waals surface area contributed by atoms with Crippen LogP contribution in [0, 0.1) is 17.8 Å². The first-order valence-electron chi connectivity index (χ1n) is 4.64. The van der Waals surface area contributed by atoms with Crippen LogP contribution in [0.2, 0.25) is 5.02 Å². The zero-order chi connectivity index (χ0) is 10.8. The molecule has 0 aromatic heterocycles. The third-order valence-electron chi connectivity index (χ3n) is 2.27. The van der Waals surface area contributed by atoms with Crippen molar-refractivity contribution in [1.29, 1.82) is 0 Å². The molecule has 0 spiro atoms. The highest BCUT2D eigenvalue weighted by molar-refractivity contribution is 6.30. The van der Waals surface area contributed by atoms with Gasteiger partial charge in [0.25, 0.3) is 0 Å². The number of cyclic esters (lactones) is 1. The zero-order valence-corrected chi connectivity index (χ0v) is 8.91. The maximum Gasteiger partial charge on any atom is 0.314 e. The second-order valence-corrected chi connectivity index (χ2v) is 3.86. The van der Waals surface area contributed by atoms with Gasteiger partial charge >= 0.3 is 5.97 Å². The highest BCUT2D eigenvalue weighted by atomic mass is 35.5. The van der Waals surface area contributed by atoms with Gasteiger partial charge in [-0.3, -0.25) is 4.79 Å². The molecule has 0 radical (unpaired) electrons. The molecule has 0 saturated carbocycles. The summed E-state index contributed by atoms with van der Waals surface area (Å²) in [6.45, 7) is 1.81. The monoisotopic (exact) mass is 220 g/mol. The van der Waals surface area contributed by atoms with E-state index in [1.165, 1.54) is 0 Å². The topological polar surface area (TPSA) is 26.3 Å². The molecule has 0 bridgehead atoms. The molecule has 1 aliphatic rings. The van der Waals surface area contributed by atoms with Crippen molar-refractivity contribution in [2.75, 3.05) is 0 Å². The van der Waals surface area contributed by atoms with Crippen molar-refractivity contribution in [3.8, 4) is 11.8 Å². The van der Waals surface area contributed by atoms with Gasteiger partial charge in [0.2, 0.25) is 0 Å². The molecule has 2 atom stereocenters. The first-order chi connectivity index (χ1) is 7.16. The Labute approximate surface area is 93.2 Å². The van der Waals surface area contributed by atoms with Gasteiger partial charge in [-0.25, -0.2) is 0 Å². The van der Waals surface area contributed by atoms with Gasteiger partial charge in [0.1, 0.15) is 5.92 Å². The molecule has 3 heteroatoms. The predicted octanol–water partition coefficient (Wildman–Crippen LogP) is 2.25. The molecule has 2 rings (SSSR count). The Morgan fingerprint density at radius 1 is 1.33 bits per heavy atom. The van der Waals surface area contributed by atoms with Crippen molar-refractivity contribution in [3.05, 3.63) is 34.9 Å². The maximum absolute atomic E-state index is 10.8. The van der Waals surface area contributed by atoms with E-state index in [0.717, 1.165) is 5.56 Å². The van der Waals surface area contributed by atoms with E-state index < -0.39 is 0 Å². The third-order valence-corrected chi connectivity index (χ3v) is 2.52. The van der Waals surface area contributed by atoms with Gasteiger partial charge < -0.3 is 4.74 Å². The van der Waals surface area contributed by atoms with E-state index in [9.17, 15) is 4.79 Å². The number of rotatable bonds is 0. The normalized spacial score (nSPS) is 23.5. The van der Waals surface area contributed by atoms with Crippen LogP contribution in [0.25, 0.3) is 0 Å². The van der Waals surface area contributed by atoms with Gasteiger partial charge in [0.05, 0.1) is 0 Å². The van der Waals surface area contributed by atoms with Gasteiger partial charge in [-0.1, -0.05) is 23.4 Å². The molecule has 0 N–H and O–H groups in total. The fraction of sp³-hybridized carbons (Fsp3) is 0.250. The lowest BCUT2D eigenvalue weighted by Gasteiger charge is -2.27. The summed E-state index contributed by atoms with van der Waals surface area (Å²) in [4.78, 5) is 10.8. The average Bonchev–Trinajstić information content (AvgIpc) is 2.26. The van der Waals surface area contributed by atoms with Crippen LogP contribution in [0.15, 0.2) is 24.3 Å². The van der Waals surface area contributed by atoms with Gasteiger partial charge in [0, 0.05) is 10.6 Å². The van der Waals surface area contributed by atoms with E-state index in [1.54, 1.807) is 12.1 Å². The quantitative estimate of drug-likeness (QED) is 0.495. The lowest BCUT2D eigenvalue weighted by molar-refractivity contribution is -0.175. The molecular formula is C12H9ClO2. The van der Waals surface area contributed by atoms with Crippen molar-refractivity contribution in [3.63, 3.8) is 0 Å². The Bertz CT molecular complexity index is 439. The smallest absolute Gasteiger partial charge is 0.314 e. The first-order valence-corrected chi connectivity index (χ1v) is 5.02. The molecule has 1 fully saturated rings. The fourth-order valence-electron chi connectivity index (χ4n) is 1.23. The van der Waals surface area contributed by atoms with Gasteiger partial charge in [-0.2, -0.15) is 0 Å². The first kappa shape index (κ1) is 10.1. The summed E-state index contributed by atoms with van der Waals surface area (Å²) in [6.07, 6.45) is -0.256. The molecule has 76 valence electrons. The zero-order valence-electron chi connectivity index (χ0n) is 8.16. The van der Waals surface area contributed by atoms with Crippen molar-refractivity contribution >= 4 is 17.6 Å². The van der Waals surface area contributed by atoms with E-state index in [1.807, 2.05) is 19.1 Å². The summed E-state index contributed by atoms with van der Waals surface area (Å²) in [7, 11) is 0. The fourth-order valence-corrected chi connectivity index (χ4v) is 1.35. The standard InChI is InChI=1S/C12H9ClO2/c1-8-11(15-12(8)14)7-4-9-2-5-10(13)6-3-9/h2-3,5-6,8,11H,1H3. The lowest BCUT2D eigenvalue weighted by Crippen LogP contribution is -2.42. The molecule has 1 aliphatic heterocycles. The second-order valence-electron chi connectivity index (χ2n) is 3.42. The molecular weight excluding hydrogens is 212 g/mol. The van der Waals surface area contributed by atoms with E-state index >= 15 is 0 Å². The molecule has 0 amide bonds. The molecule has 0 aliphatic carbocycles. The summed E-state index contributed by atoms with van der Waals surface area (Å²) in [5.41, 5.74) is 0.870. The van der Waals surface area contributed by atoms with Crippen LogP contribution in [-0.4, -0.2) is 12.1 Å². The SMILES string of the molecule is CC1C(=O)OC1C#Cc1ccc(Cl)cc1. The van der Waals surface area contributed by atoms with E-state index in [-0.39, 0.29) is 18.0 Å². The van der Waals surface area contributed by atoms with Crippen LogP contribution in [0.1, 0.15) is 12.5 Å². The molecule has 15 heavy (non-hydrogen) atoms. The minimum Gasteiger partial charge on any atom is -0.448 e. The predicted molar refractivity (Wildman–Crippen MR) is 57.4 cm³/mol. The number of ether oxygens (including phenoxy) is 1. The highest BCUT2D eigenvalue weighted by Crippen LogP contribution is 2.20. The summed E-state index contributed by atoms with van der Waals surface area (Å²) in [5, 5.41) is 0.684. The summed E-state index contributed by atoms with van der Waals surface area (Å²) in [6, 6.07) is 7.23. The Hall–Kier alpha value is -1.46. The Kier molecular flexibility index (Phi) is 2.66. The number of carbonyl (C=O) groups excluding carboxylic acids is 1. The number of benzene rings is 1. The summed E-state index contributed by atoms with van der Waals surface area (Å²) in [5.74, 6) is 5.56. The number of halogens is 1. The second kappa shape index (κ2) is 3.96. The van der Waals surface area contributed by atoms with Crippen molar-refractivity contribution in [1.82, 2.24) is 0 Å². The Morgan fingerprint density at radius 2 is 2.00 bits per heavy atom. The molecule has 2 nitrogen and oxygen atoms in total. The molecule has 2 unspecified atom stereocenters. The molecule has 1 aromatic carbocycles. The van der Waals surface area contributed by atoms with Crippen LogP contribution in [0.5, 0.6) is 0 Å². The molecule has 1 aromatic rings. The number of hydrogen-bond acceptors (Lipinski definition) is 2. The van der Waals surface area contributed by atoms with Crippen LogP contribution in [0.4, 0.5) is 0 Å². The minimum atomic E-state index is -0.256. The largest absolute Gasteiger partial charge is 0.448 e. The number of hydrogen-bond donors (Lipinski definition) is 0. The lowest BCUT2D eigenvalue weighted by atomic mass is 10.00. The van der Waals surface area contributed by atoms with E-state index in [0.29, 0.717) is 5.02 Å². The highest BCUT2D eigenvalue weighted by Gasteiger charge is 2.37.